The summed E-state index contributed by atoms with van der Waals surface area (Å²) in [6.45, 7) is 8.61. The van der Waals surface area contributed by atoms with Crippen LogP contribution in [0, 0.1) is 0 Å². The summed E-state index contributed by atoms with van der Waals surface area (Å²) in [7, 11) is 0. The van der Waals surface area contributed by atoms with E-state index in [1.165, 1.54) is 0 Å². The van der Waals surface area contributed by atoms with E-state index < -0.39 is 5.60 Å². The van der Waals surface area contributed by atoms with Crippen molar-refractivity contribution in [3.63, 3.8) is 0 Å². The van der Waals surface area contributed by atoms with E-state index in [9.17, 15) is 4.79 Å². The number of rotatable bonds is 2. The Hall–Kier alpha value is -1.58. The summed E-state index contributed by atoms with van der Waals surface area (Å²) in [5.41, 5.74) is 0.533. The van der Waals surface area contributed by atoms with Crippen molar-refractivity contribution in [1.82, 2.24) is 9.88 Å². The number of aromatic nitrogens is 1. The molecule has 1 aliphatic heterocycles. The van der Waals surface area contributed by atoms with Crippen molar-refractivity contribution in [3.05, 3.63) is 30.1 Å². The lowest BCUT2D eigenvalue weighted by atomic mass is 9.91. The van der Waals surface area contributed by atoms with Gasteiger partial charge < -0.3 is 9.64 Å². The van der Waals surface area contributed by atoms with E-state index in [1.54, 1.807) is 6.20 Å². The molecule has 4 nitrogen and oxygen atoms in total. The lowest BCUT2D eigenvalue weighted by Crippen LogP contribution is -2.48. The average Bonchev–Trinajstić information content (AvgIpc) is 2.70. The summed E-state index contributed by atoms with van der Waals surface area (Å²) in [5, 5.41) is 0. The summed E-state index contributed by atoms with van der Waals surface area (Å²) in [6, 6.07) is 4.00. The molecule has 0 aromatic carbocycles. The Balaban J connectivity index is 2.11. The zero-order valence-corrected chi connectivity index (χ0v) is 12.8. The maximum absolute atomic E-state index is 12.4. The van der Waals surface area contributed by atoms with Gasteiger partial charge in [0, 0.05) is 24.5 Å². The molecule has 0 spiro atoms. The summed E-state index contributed by atoms with van der Waals surface area (Å²) < 4.78 is 5.53. The molecular weight excluding hydrogens is 252 g/mol. The van der Waals surface area contributed by atoms with Crippen LogP contribution in [0.2, 0.25) is 0 Å². The van der Waals surface area contributed by atoms with Crippen LogP contribution in [0.5, 0.6) is 0 Å². The van der Waals surface area contributed by atoms with Gasteiger partial charge in [-0.2, -0.15) is 0 Å². The quantitative estimate of drug-likeness (QED) is 0.831. The molecule has 0 bridgehead atoms. The highest BCUT2D eigenvalue weighted by Crippen LogP contribution is 2.33. The molecule has 1 aromatic heterocycles. The standard InChI is InChI=1S/C16H24N2O2/c1-15(2,3)20-14(19)18-10-6-8-16(18,4)11-13-7-5-9-17-12-13/h5,7,9,12H,6,8,10-11H2,1-4H3. The topological polar surface area (TPSA) is 42.4 Å². The number of hydrogen-bond donors (Lipinski definition) is 0. The van der Waals surface area contributed by atoms with Gasteiger partial charge in [-0.25, -0.2) is 4.79 Å². The van der Waals surface area contributed by atoms with Crippen LogP contribution in [-0.2, 0) is 11.2 Å². The van der Waals surface area contributed by atoms with Crippen molar-refractivity contribution in [2.75, 3.05) is 6.54 Å². The van der Waals surface area contributed by atoms with Crippen molar-refractivity contribution in [3.8, 4) is 0 Å². The first kappa shape index (κ1) is 14.8. The Morgan fingerprint density at radius 3 is 2.85 bits per heavy atom. The average molecular weight is 276 g/mol. The van der Waals surface area contributed by atoms with Gasteiger partial charge in [0.1, 0.15) is 5.60 Å². The molecule has 0 aliphatic carbocycles. The predicted molar refractivity (Wildman–Crippen MR) is 78.5 cm³/mol. The van der Waals surface area contributed by atoms with Gasteiger partial charge in [-0.15, -0.1) is 0 Å². The van der Waals surface area contributed by atoms with Crippen LogP contribution >= 0.6 is 0 Å². The third-order valence-corrected chi connectivity index (χ3v) is 3.67. The molecule has 1 unspecified atom stereocenters. The lowest BCUT2D eigenvalue weighted by molar-refractivity contribution is 0.0107. The first-order valence-electron chi connectivity index (χ1n) is 7.20. The van der Waals surface area contributed by atoms with Crippen molar-refractivity contribution >= 4 is 6.09 Å². The Kier molecular flexibility index (Phi) is 4.02. The second-order valence-electron chi connectivity index (χ2n) is 6.77. The van der Waals surface area contributed by atoms with Gasteiger partial charge in [-0.05, 0) is 58.6 Å². The van der Waals surface area contributed by atoms with Gasteiger partial charge in [0.05, 0.1) is 0 Å². The largest absolute Gasteiger partial charge is 0.444 e. The number of ether oxygens (including phenoxy) is 1. The summed E-state index contributed by atoms with van der Waals surface area (Å²) in [5.74, 6) is 0. The molecule has 0 N–H and O–H groups in total. The normalized spacial score (nSPS) is 22.9. The number of pyridine rings is 1. The van der Waals surface area contributed by atoms with E-state index in [0.29, 0.717) is 0 Å². The third kappa shape index (κ3) is 3.50. The minimum absolute atomic E-state index is 0.175. The Morgan fingerprint density at radius 2 is 2.25 bits per heavy atom. The van der Waals surface area contributed by atoms with Crippen LogP contribution in [0.1, 0.15) is 46.1 Å². The third-order valence-electron chi connectivity index (χ3n) is 3.67. The van der Waals surface area contributed by atoms with Crippen molar-refractivity contribution in [2.24, 2.45) is 0 Å². The summed E-state index contributed by atoms with van der Waals surface area (Å²) >= 11 is 0. The first-order valence-corrected chi connectivity index (χ1v) is 7.20. The first-order chi connectivity index (χ1) is 9.30. The van der Waals surface area contributed by atoms with Gasteiger partial charge >= 0.3 is 6.09 Å². The van der Waals surface area contributed by atoms with Crippen molar-refractivity contribution in [1.29, 1.82) is 0 Å². The molecule has 0 radical (unpaired) electrons. The summed E-state index contributed by atoms with van der Waals surface area (Å²) in [6.07, 6.45) is 6.28. The molecule has 1 fully saturated rings. The molecule has 1 saturated heterocycles. The molecular formula is C16H24N2O2. The zero-order valence-electron chi connectivity index (χ0n) is 12.8. The van der Waals surface area contributed by atoms with Gasteiger partial charge in [-0.1, -0.05) is 6.07 Å². The van der Waals surface area contributed by atoms with Crippen molar-refractivity contribution < 1.29 is 9.53 Å². The zero-order chi connectivity index (χ0) is 14.8. The SMILES string of the molecule is CC(C)(C)OC(=O)N1CCCC1(C)Cc1cccnc1. The molecule has 2 rings (SSSR count). The fourth-order valence-corrected chi connectivity index (χ4v) is 2.78. The van der Waals surface area contributed by atoms with Crippen LogP contribution in [0.3, 0.4) is 0 Å². The number of likely N-dealkylation sites (tertiary alicyclic amines) is 1. The van der Waals surface area contributed by atoms with E-state index in [0.717, 1.165) is 31.4 Å². The van der Waals surface area contributed by atoms with Crippen LogP contribution in [0.25, 0.3) is 0 Å². The maximum Gasteiger partial charge on any atom is 0.410 e. The molecule has 2 heterocycles. The van der Waals surface area contributed by atoms with Gasteiger partial charge in [-0.3, -0.25) is 4.98 Å². The van der Waals surface area contributed by atoms with E-state index >= 15 is 0 Å². The maximum atomic E-state index is 12.4. The van der Waals surface area contributed by atoms with Crippen LogP contribution in [0.15, 0.2) is 24.5 Å². The Bertz CT molecular complexity index is 467. The number of amides is 1. The highest BCUT2D eigenvalue weighted by Gasteiger charge is 2.41. The fourth-order valence-electron chi connectivity index (χ4n) is 2.78. The fraction of sp³-hybridized carbons (Fsp3) is 0.625. The molecule has 1 aliphatic rings. The molecule has 20 heavy (non-hydrogen) atoms. The van der Waals surface area contributed by atoms with E-state index in [2.05, 4.69) is 18.0 Å². The number of hydrogen-bond acceptors (Lipinski definition) is 3. The second-order valence-corrected chi connectivity index (χ2v) is 6.77. The smallest absolute Gasteiger partial charge is 0.410 e. The predicted octanol–water partition coefficient (Wildman–Crippen LogP) is 3.41. The van der Waals surface area contributed by atoms with E-state index in [-0.39, 0.29) is 11.6 Å². The van der Waals surface area contributed by atoms with Crippen LogP contribution in [-0.4, -0.2) is 33.7 Å². The van der Waals surface area contributed by atoms with Gasteiger partial charge in [0.2, 0.25) is 0 Å². The van der Waals surface area contributed by atoms with Gasteiger partial charge in [0.15, 0.2) is 0 Å². The van der Waals surface area contributed by atoms with Gasteiger partial charge in [0.25, 0.3) is 0 Å². The highest BCUT2D eigenvalue weighted by atomic mass is 16.6. The van der Waals surface area contributed by atoms with E-state index in [1.807, 2.05) is 37.9 Å². The Labute approximate surface area is 121 Å². The second kappa shape index (κ2) is 5.43. The molecule has 110 valence electrons. The molecule has 0 saturated carbocycles. The monoisotopic (exact) mass is 276 g/mol. The molecule has 1 amide bonds. The number of carbonyl (C=O) groups is 1. The van der Waals surface area contributed by atoms with Crippen LogP contribution in [0.4, 0.5) is 4.79 Å². The van der Waals surface area contributed by atoms with E-state index in [4.69, 9.17) is 4.74 Å². The molecule has 1 atom stereocenters. The molecule has 1 aromatic rings. The minimum atomic E-state index is -0.450. The minimum Gasteiger partial charge on any atom is -0.444 e. The van der Waals surface area contributed by atoms with Crippen LogP contribution < -0.4 is 0 Å². The summed E-state index contributed by atoms with van der Waals surface area (Å²) in [4.78, 5) is 18.4. The number of carbonyl (C=O) groups excluding carboxylic acids is 1. The van der Waals surface area contributed by atoms with Crippen molar-refractivity contribution in [2.45, 2.75) is 58.1 Å². The Morgan fingerprint density at radius 1 is 1.50 bits per heavy atom. The molecule has 4 heteroatoms. The number of nitrogens with zero attached hydrogens (tertiary/aromatic N) is 2. The highest BCUT2D eigenvalue weighted by molar-refractivity contribution is 5.69. The lowest BCUT2D eigenvalue weighted by Gasteiger charge is -2.36.